The van der Waals surface area contributed by atoms with Gasteiger partial charge < -0.3 is 9.47 Å². The number of amides is 1. The highest BCUT2D eigenvalue weighted by atomic mass is 79.9. The number of benzene rings is 1. The van der Waals surface area contributed by atoms with Gasteiger partial charge in [0.1, 0.15) is 10.4 Å². The second kappa shape index (κ2) is 6.76. The van der Waals surface area contributed by atoms with Crippen LogP contribution in [0.2, 0.25) is 0 Å². The van der Waals surface area contributed by atoms with Crippen molar-refractivity contribution in [2.45, 2.75) is 0 Å². The van der Waals surface area contributed by atoms with Gasteiger partial charge in [0, 0.05) is 6.20 Å². The number of nitrogens with zero attached hydrogens (tertiary/aromatic N) is 1. The lowest BCUT2D eigenvalue weighted by Gasteiger charge is -2.10. The minimum atomic E-state index is -0.644. The summed E-state index contributed by atoms with van der Waals surface area (Å²) < 4.78 is 10.6. The Morgan fingerprint density at radius 3 is 2.65 bits per heavy atom. The highest BCUT2D eigenvalue weighted by Crippen LogP contribution is 2.21. The van der Waals surface area contributed by atoms with Gasteiger partial charge in [0.05, 0.1) is 12.8 Å². The van der Waals surface area contributed by atoms with Crippen LogP contribution < -0.4 is 20.3 Å². The van der Waals surface area contributed by atoms with Crippen LogP contribution in [0, 0.1) is 0 Å². The minimum absolute atomic E-state index is 0.335. The van der Waals surface area contributed by atoms with E-state index in [1.807, 2.05) is 0 Å². The van der Waals surface area contributed by atoms with Gasteiger partial charge >= 0.3 is 6.09 Å². The molecule has 0 aliphatic carbocycles. The molecule has 7 heteroatoms. The molecule has 0 saturated heterocycles. The predicted molar refractivity (Wildman–Crippen MR) is 77.7 cm³/mol. The zero-order valence-electron chi connectivity index (χ0n) is 10.6. The number of carbonyl (C=O) groups excluding carboxylic acids is 1. The largest absolute Gasteiger partial charge is 0.497 e. The Hall–Kier alpha value is -2.28. The van der Waals surface area contributed by atoms with Crippen molar-refractivity contribution in [3.05, 3.63) is 47.2 Å². The quantitative estimate of drug-likeness (QED) is 0.662. The standard InChI is InChI=1S/C13H12BrN3O3/c1-19-10-6-4-9(5-7-10)16-17-13(18)20-11-3-2-8-15-12(11)14/h2-8,16H,1H3,(H,17,18). The van der Waals surface area contributed by atoms with Gasteiger partial charge in [-0.05, 0) is 52.3 Å². The molecule has 0 bridgehead atoms. The van der Waals surface area contributed by atoms with E-state index in [9.17, 15) is 4.79 Å². The van der Waals surface area contributed by atoms with Crippen molar-refractivity contribution >= 4 is 27.7 Å². The molecular formula is C13H12BrN3O3. The fourth-order valence-corrected chi connectivity index (χ4v) is 1.70. The second-order valence-corrected chi connectivity index (χ2v) is 4.41. The average molecular weight is 338 g/mol. The molecule has 2 rings (SSSR count). The van der Waals surface area contributed by atoms with E-state index in [1.54, 1.807) is 49.7 Å². The monoisotopic (exact) mass is 337 g/mol. The normalized spacial score (nSPS) is 9.70. The number of aromatic nitrogens is 1. The van der Waals surface area contributed by atoms with Gasteiger partial charge in [-0.3, -0.25) is 5.43 Å². The molecule has 1 aromatic carbocycles. The zero-order valence-corrected chi connectivity index (χ0v) is 12.2. The summed E-state index contributed by atoms with van der Waals surface area (Å²) in [5, 5.41) is 0. The van der Waals surface area contributed by atoms with Crippen LogP contribution in [0.5, 0.6) is 11.5 Å². The highest BCUT2D eigenvalue weighted by Gasteiger charge is 2.07. The summed E-state index contributed by atoms with van der Waals surface area (Å²) in [7, 11) is 1.59. The van der Waals surface area contributed by atoms with Crippen molar-refractivity contribution in [1.29, 1.82) is 0 Å². The average Bonchev–Trinajstić information content (AvgIpc) is 2.48. The smallest absolute Gasteiger partial charge is 0.431 e. The first-order chi connectivity index (χ1) is 9.69. The molecule has 0 unspecified atom stereocenters. The van der Waals surface area contributed by atoms with Crippen LogP contribution in [-0.4, -0.2) is 18.2 Å². The van der Waals surface area contributed by atoms with Gasteiger partial charge in [-0.1, -0.05) is 0 Å². The Balaban J connectivity index is 1.87. The molecule has 2 N–H and O–H groups in total. The molecular weight excluding hydrogens is 326 g/mol. The van der Waals surface area contributed by atoms with Crippen LogP contribution in [0.15, 0.2) is 47.2 Å². The van der Waals surface area contributed by atoms with Crippen molar-refractivity contribution in [3.8, 4) is 11.5 Å². The lowest BCUT2D eigenvalue weighted by Crippen LogP contribution is -2.32. The molecule has 1 aromatic heterocycles. The summed E-state index contributed by atoms with van der Waals surface area (Å²) in [6, 6.07) is 10.4. The second-order valence-electron chi connectivity index (χ2n) is 3.66. The Bertz CT molecular complexity index is 590. The number of methoxy groups -OCH3 is 1. The first kappa shape index (κ1) is 14.1. The number of rotatable bonds is 4. The van der Waals surface area contributed by atoms with E-state index in [2.05, 4.69) is 31.8 Å². The third-order valence-electron chi connectivity index (χ3n) is 2.33. The number of halogens is 1. The minimum Gasteiger partial charge on any atom is -0.497 e. The van der Waals surface area contributed by atoms with E-state index in [-0.39, 0.29) is 0 Å². The number of anilines is 1. The van der Waals surface area contributed by atoms with Crippen LogP contribution in [0.3, 0.4) is 0 Å². The van der Waals surface area contributed by atoms with E-state index < -0.39 is 6.09 Å². The van der Waals surface area contributed by atoms with Crippen molar-refractivity contribution in [2.75, 3.05) is 12.5 Å². The van der Waals surface area contributed by atoms with Gasteiger partial charge in [0.25, 0.3) is 0 Å². The van der Waals surface area contributed by atoms with Crippen molar-refractivity contribution in [3.63, 3.8) is 0 Å². The maximum atomic E-state index is 11.6. The zero-order chi connectivity index (χ0) is 14.4. The molecule has 2 aromatic rings. The number of pyridine rings is 1. The number of ether oxygens (including phenoxy) is 2. The van der Waals surface area contributed by atoms with Crippen molar-refractivity contribution in [2.24, 2.45) is 0 Å². The lowest BCUT2D eigenvalue weighted by atomic mass is 10.3. The number of hydrogen-bond donors (Lipinski definition) is 2. The van der Waals surface area contributed by atoms with Crippen LogP contribution in [-0.2, 0) is 0 Å². The number of carbonyl (C=O) groups is 1. The van der Waals surface area contributed by atoms with Gasteiger partial charge in [0.15, 0.2) is 5.75 Å². The molecule has 20 heavy (non-hydrogen) atoms. The topological polar surface area (TPSA) is 72.5 Å². The van der Waals surface area contributed by atoms with Gasteiger partial charge in [-0.2, -0.15) is 0 Å². The summed E-state index contributed by atoms with van der Waals surface area (Å²) in [6.45, 7) is 0. The fraction of sp³-hybridized carbons (Fsp3) is 0.0769. The molecule has 0 radical (unpaired) electrons. The molecule has 0 fully saturated rings. The summed E-state index contributed by atoms with van der Waals surface area (Å²) in [5.74, 6) is 1.07. The maximum Gasteiger partial charge on any atom is 0.431 e. The molecule has 0 atom stereocenters. The number of hydrazine groups is 1. The third-order valence-corrected chi connectivity index (χ3v) is 2.92. The van der Waals surface area contributed by atoms with Gasteiger partial charge in [0.2, 0.25) is 0 Å². The van der Waals surface area contributed by atoms with E-state index >= 15 is 0 Å². The van der Waals surface area contributed by atoms with Crippen molar-refractivity contribution < 1.29 is 14.3 Å². The van der Waals surface area contributed by atoms with Crippen LogP contribution in [0.25, 0.3) is 0 Å². The molecule has 0 saturated carbocycles. The Morgan fingerprint density at radius 1 is 1.25 bits per heavy atom. The van der Waals surface area contributed by atoms with Gasteiger partial charge in [-0.25, -0.2) is 15.2 Å². The number of hydrogen-bond acceptors (Lipinski definition) is 5. The molecule has 0 aliphatic heterocycles. The molecule has 1 amide bonds. The van der Waals surface area contributed by atoms with Crippen molar-refractivity contribution in [1.82, 2.24) is 10.4 Å². The summed E-state index contributed by atoms with van der Waals surface area (Å²) in [5.41, 5.74) is 5.83. The molecule has 1 heterocycles. The molecule has 6 nitrogen and oxygen atoms in total. The van der Waals surface area contributed by atoms with Crippen LogP contribution >= 0.6 is 15.9 Å². The Labute approximate surface area is 124 Å². The third kappa shape index (κ3) is 3.86. The molecule has 104 valence electrons. The van der Waals surface area contributed by atoms with Crippen LogP contribution in [0.4, 0.5) is 10.5 Å². The Morgan fingerprint density at radius 2 is 2.00 bits per heavy atom. The van der Waals surface area contributed by atoms with Crippen LogP contribution in [0.1, 0.15) is 0 Å². The Kier molecular flexibility index (Phi) is 4.78. The molecule has 0 aliphatic rings. The summed E-state index contributed by atoms with van der Waals surface area (Å²) in [4.78, 5) is 15.5. The highest BCUT2D eigenvalue weighted by molar-refractivity contribution is 9.10. The lowest BCUT2D eigenvalue weighted by molar-refractivity contribution is 0.202. The van der Waals surface area contributed by atoms with E-state index in [0.29, 0.717) is 16.0 Å². The first-order valence-corrected chi connectivity index (χ1v) is 6.47. The summed E-state index contributed by atoms with van der Waals surface area (Å²) in [6.07, 6.45) is 0.944. The fourth-order valence-electron chi connectivity index (χ4n) is 1.37. The predicted octanol–water partition coefficient (Wildman–Crippen LogP) is 2.97. The maximum absolute atomic E-state index is 11.6. The first-order valence-electron chi connectivity index (χ1n) is 5.67. The SMILES string of the molecule is COc1ccc(NNC(=O)Oc2cccnc2Br)cc1. The van der Waals surface area contributed by atoms with Gasteiger partial charge in [-0.15, -0.1) is 0 Å². The number of nitrogens with one attached hydrogen (secondary N) is 2. The molecule has 0 spiro atoms. The van der Waals surface area contributed by atoms with E-state index in [1.165, 1.54) is 0 Å². The van der Waals surface area contributed by atoms with E-state index in [4.69, 9.17) is 9.47 Å². The summed E-state index contributed by atoms with van der Waals surface area (Å²) >= 11 is 3.19. The van der Waals surface area contributed by atoms with E-state index in [0.717, 1.165) is 5.75 Å².